The monoisotopic (exact) mass is 764 g/mol. The number of imidazole rings is 2. The molecule has 2 aliphatic heterocycles. The Balaban J connectivity index is 1.04. The number of ether oxygens (including phenoxy) is 1. The first-order valence-electron chi connectivity index (χ1n) is 19.1. The molecular formula is C41H48N8O7. The summed E-state index contributed by atoms with van der Waals surface area (Å²) in [7, 11) is 1.28. The number of alkyl carbamates (subject to hydrolysis) is 1. The molecule has 15 heteroatoms. The first kappa shape index (κ1) is 38.2. The maximum atomic E-state index is 13.5. The molecule has 5 N–H and O–H groups in total. The summed E-state index contributed by atoms with van der Waals surface area (Å²) in [6.07, 6.45) is 4.83. The fourth-order valence-electron chi connectivity index (χ4n) is 7.81. The first-order valence-corrected chi connectivity index (χ1v) is 19.1. The molecular weight excluding hydrogens is 716 g/mol. The Hall–Kier alpha value is -6.12. The maximum absolute atomic E-state index is 13.5. The van der Waals surface area contributed by atoms with Gasteiger partial charge in [0.25, 0.3) is 0 Å². The lowest BCUT2D eigenvalue weighted by Crippen LogP contribution is -2.51. The number of carboxylic acid groups (broad SMARTS) is 1. The molecule has 0 aliphatic carbocycles. The fourth-order valence-corrected chi connectivity index (χ4v) is 7.81. The summed E-state index contributed by atoms with van der Waals surface area (Å²) < 4.78 is 11.0. The van der Waals surface area contributed by atoms with Gasteiger partial charge < -0.3 is 44.7 Å². The Kier molecular flexibility index (Phi) is 10.9. The molecule has 3 aromatic heterocycles. The lowest BCUT2D eigenvalue weighted by molar-refractivity contribution is -0.136. The van der Waals surface area contributed by atoms with Crippen LogP contribution in [0.3, 0.4) is 0 Å². The highest BCUT2D eigenvalue weighted by Gasteiger charge is 2.39. The smallest absolute Gasteiger partial charge is 0.407 e. The van der Waals surface area contributed by atoms with E-state index in [9.17, 15) is 24.3 Å². The van der Waals surface area contributed by atoms with E-state index in [1.807, 2.05) is 76.2 Å². The van der Waals surface area contributed by atoms with Crippen molar-refractivity contribution >= 4 is 35.0 Å². The molecule has 0 radical (unpaired) electrons. The second-order valence-corrected chi connectivity index (χ2v) is 15.2. The molecule has 2 aliphatic rings. The van der Waals surface area contributed by atoms with E-state index in [-0.39, 0.29) is 35.7 Å². The van der Waals surface area contributed by atoms with Crippen molar-refractivity contribution in [3.63, 3.8) is 0 Å². The molecule has 294 valence electrons. The van der Waals surface area contributed by atoms with Gasteiger partial charge in [0.05, 0.1) is 43.0 Å². The van der Waals surface area contributed by atoms with Crippen LogP contribution >= 0.6 is 0 Å². The number of amides is 4. The summed E-state index contributed by atoms with van der Waals surface area (Å²) in [6, 6.07) is 13.9. The number of hydrogen-bond donors (Lipinski definition) is 5. The van der Waals surface area contributed by atoms with Crippen LogP contribution < -0.4 is 10.6 Å². The van der Waals surface area contributed by atoms with Crippen LogP contribution in [0.15, 0.2) is 65.3 Å². The SMILES string of the molecule is COC(=O)NC(C(=O)N1CCC[C@H]1c1ncc(-c2ccc(-c3cc4cc(-c5cnc([C@@H]6CCCN6C(=O)C(NC(=O)O)C(C)C)[nH]5)ccc4o3)cc2)[nH]1)C(C)C. The number of H-pyrrole nitrogens is 2. The van der Waals surface area contributed by atoms with Gasteiger partial charge >= 0.3 is 12.2 Å². The number of fused-ring (bicyclic) bond motifs is 1. The van der Waals surface area contributed by atoms with Crippen LogP contribution in [0.2, 0.25) is 0 Å². The minimum Gasteiger partial charge on any atom is -0.465 e. The molecule has 15 nitrogen and oxygen atoms in total. The standard InChI is InChI=1S/C41H48N8O7/c1-22(2)34(46-40(52)53)38(50)48-16-6-9-31(48)37-43-21-29(45-37)26-14-15-32-27(18-26)19-33(56-32)25-12-10-24(11-13-25)28-20-42-36(44-28)30-8-7-17-49(30)39(51)35(23(3)4)47-41(54)55-5/h10-15,18-23,30-31,34-35,46H,6-9,16-17H2,1-5H3,(H,42,44)(H,43,45)(H,47,54)(H,52,53)/t30-,31-,34?,35?/m0/s1. The summed E-state index contributed by atoms with van der Waals surface area (Å²) in [5.74, 6) is 1.38. The zero-order valence-electron chi connectivity index (χ0n) is 32.2. The van der Waals surface area contributed by atoms with E-state index in [0.717, 1.165) is 70.5 Å². The van der Waals surface area contributed by atoms with E-state index in [0.29, 0.717) is 24.7 Å². The van der Waals surface area contributed by atoms with Gasteiger partial charge in [0.2, 0.25) is 11.8 Å². The van der Waals surface area contributed by atoms with Gasteiger partial charge in [0.15, 0.2) is 0 Å². The number of aromatic amines is 2. The molecule has 0 bridgehead atoms. The third kappa shape index (κ3) is 7.70. The van der Waals surface area contributed by atoms with Crippen molar-refractivity contribution in [2.24, 2.45) is 11.8 Å². The molecule has 4 amide bonds. The van der Waals surface area contributed by atoms with Crippen LogP contribution in [0.5, 0.6) is 0 Å². The molecule has 2 unspecified atom stereocenters. The highest BCUT2D eigenvalue weighted by atomic mass is 16.5. The van der Waals surface area contributed by atoms with Crippen molar-refractivity contribution in [2.75, 3.05) is 20.2 Å². The van der Waals surface area contributed by atoms with Crippen molar-refractivity contribution in [2.45, 2.75) is 77.5 Å². The number of rotatable bonds is 11. The number of likely N-dealkylation sites (tertiary alicyclic amines) is 2. The number of hydrogen-bond acceptors (Lipinski definition) is 8. The Bertz CT molecular complexity index is 2220. The van der Waals surface area contributed by atoms with E-state index in [1.165, 1.54) is 7.11 Å². The van der Waals surface area contributed by atoms with Gasteiger partial charge in [-0.25, -0.2) is 19.6 Å². The quantitative estimate of drug-likeness (QED) is 0.0952. The van der Waals surface area contributed by atoms with Crippen LogP contribution in [-0.2, 0) is 14.3 Å². The summed E-state index contributed by atoms with van der Waals surface area (Å²) in [6.45, 7) is 8.56. The summed E-state index contributed by atoms with van der Waals surface area (Å²) in [5, 5.41) is 15.3. The summed E-state index contributed by atoms with van der Waals surface area (Å²) >= 11 is 0. The molecule has 56 heavy (non-hydrogen) atoms. The van der Waals surface area contributed by atoms with Crippen molar-refractivity contribution in [1.29, 1.82) is 0 Å². The number of nitrogens with zero attached hydrogens (tertiary/aromatic N) is 4. The van der Waals surface area contributed by atoms with Gasteiger partial charge in [0.1, 0.15) is 35.1 Å². The molecule has 4 atom stereocenters. The van der Waals surface area contributed by atoms with Crippen molar-refractivity contribution in [3.8, 4) is 33.8 Å². The molecule has 2 aromatic carbocycles. The van der Waals surface area contributed by atoms with E-state index in [2.05, 4.69) is 30.6 Å². The fraction of sp³-hybridized carbons (Fsp3) is 0.415. The third-order valence-electron chi connectivity index (χ3n) is 10.8. The van der Waals surface area contributed by atoms with Crippen LogP contribution in [0.1, 0.15) is 77.1 Å². The van der Waals surface area contributed by atoms with Crippen molar-refractivity contribution in [3.05, 3.63) is 72.6 Å². The third-order valence-corrected chi connectivity index (χ3v) is 10.8. The van der Waals surface area contributed by atoms with E-state index >= 15 is 0 Å². The summed E-state index contributed by atoms with van der Waals surface area (Å²) in [4.78, 5) is 69.9. The normalized spacial score (nSPS) is 18.1. The number of nitrogens with one attached hydrogen (secondary N) is 4. The topological polar surface area (TPSA) is 199 Å². The molecule has 0 spiro atoms. The molecule has 0 saturated carbocycles. The number of carbonyl (C=O) groups excluding carboxylic acids is 3. The maximum Gasteiger partial charge on any atom is 0.407 e. The second-order valence-electron chi connectivity index (χ2n) is 15.2. The molecule has 5 aromatic rings. The largest absolute Gasteiger partial charge is 0.465 e. The molecule has 5 heterocycles. The van der Waals surface area contributed by atoms with Gasteiger partial charge in [0, 0.05) is 29.6 Å². The average Bonchev–Trinajstić information content (AvgIpc) is 4.03. The van der Waals surface area contributed by atoms with E-state index in [1.54, 1.807) is 22.2 Å². The number of methoxy groups -OCH3 is 1. The van der Waals surface area contributed by atoms with E-state index < -0.39 is 24.3 Å². The Morgan fingerprint density at radius 1 is 0.768 bits per heavy atom. The zero-order valence-corrected chi connectivity index (χ0v) is 32.2. The summed E-state index contributed by atoms with van der Waals surface area (Å²) in [5.41, 5.74) is 5.13. The highest BCUT2D eigenvalue weighted by molar-refractivity contribution is 5.88. The predicted octanol–water partition coefficient (Wildman–Crippen LogP) is 6.88. The first-order chi connectivity index (χ1) is 26.9. The van der Waals surface area contributed by atoms with Crippen LogP contribution in [0.25, 0.3) is 44.8 Å². The second kappa shape index (κ2) is 15.9. The highest BCUT2D eigenvalue weighted by Crippen LogP contribution is 2.36. The number of carbonyl (C=O) groups is 4. The molecule has 2 saturated heterocycles. The van der Waals surface area contributed by atoms with Gasteiger partial charge in [-0.05, 0) is 67.3 Å². The molecule has 2 fully saturated rings. The van der Waals surface area contributed by atoms with Gasteiger partial charge in [-0.15, -0.1) is 0 Å². The van der Waals surface area contributed by atoms with Crippen LogP contribution in [0.4, 0.5) is 9.59 Å². The van der Waals surface area contributed by atoms with Gasteiger partial charge in [-0.1, -0.05) is 52.0 Å². The van der Waals surface area contributed by atoms with Crippen molar-refractivity contribution in [1.82, 2.24) is 40.4 Å². The minimum atomic E-state index is -1.22. The Morgan fingerprint density at radius 2 is 1.29 bits per heavy atom. The zero-order chi connectivity index (χ0) is 39.7. The van der Waals surface area contributed by atoms with Gasteiger partial charge in [-0.3, -0.25) is 9.59 Å². The Morgan fingerprint density at radius 3 is 1.82 bits per heavy atom. The van der Waals surface area contributed by atoms with Crippen LogP contribution in [-0.4, -0.2) is 91.1 Å². The molecule has 7 rings (SSSR count). The van der Waals surface area contributed by atoms with Crippen molar-refractivity contribution < 1.29 is 33.4 Å². The van der Waals surface area contributed by atoms with Gasteiger partial charge in [-0.2, -0.15) is 0 Å². The lowest BCUT2D eigenvalue weighted by atomic mass is 10.0. The number of furan rings is 1. The predicted molar refractivity (Wildman–Crippen MR) is 208 cm³/mol. The van der Waals surface area contributed by atoms with Crippen LogP contribution in [0, 0.1) is 11.8 Å². The van der Waals surface area contributed by atoms with E-state index in [4.69, 9.17) is 9.15 Å². The average molecular weight is 765 g/mol. The minimum absolute atomic E-state index is 0.115. The lowest BCUT2D eigenvalue weighted by Gasteiger charge is -2.30. The number of aromatic nitrogens is 4. The Labute approximate surface area is 324 Å². The number of benzene rings is 2.